The molecule has 0 bridgehead atoms. The minimum absolute atomic E-state index is 0.149. The van der Waals surface area contributed by atoms with Gasteiger partial charge in [0.2, 0.25) is 5.91 Å². The second kappa shape index (κ2) is 6.75. The van der Waals surface area contributed by atoms with Crippen molar-refractivity contribution in [1.82, 2.24) is 10.9 Å². The molecule has 1 unspecified atom stereocenters. The van der Waals surface area contributed by atoms with Gasteiger partial charge in [-0.1, -0.05) is 39.3 Å². The van der Waals surface area contributed by atoms with Crippen molar-refractivity contribution >= 4 is 23.4 Å². The van der Waals surface area contributed by atoms with Crippen LogP contribution in [0, 0.1) is 11.3 Å². The molecule has 2 N–H and O–H groups in total. The first-order valence-corrected chi connectivity index (χ1v) is 6.99. The molecule has 0 saturated carbocycles. The molecule has 1 rings (SSSR count). The number of carbonyl (C=O) groups excluding carboxylic acids is 2. The first-order chi connectivity index (χ1) is 9.25. The molecule has 0 aliphatic rings. The Bertz CT molecular complexity index is 478. The van der Waals surface area contributed by atoms with Crippen LogP contribution in [0.25, 0.3) is 0 Å². The number of hydrogen-bond acceptors (Lipinski definition) is 2. The van der Waals surface area contributed by atoms with Crippen molar-refractivity contribution in [3.8, 4) is 0 Å². The van der Waals surface area contributed by atoms with Crippen LogP contribution in [0.5, 0.6) is 0 Å². The average molecular weight is 297 g/mol. The summed E-state index contributed by atoms with van der Waals surface area (Å²) in [6.07, 6.45) is 0.714. The summed E-state index contributed by atoms with van der Waals surface area (Å²) in [6, 6.07) is 6.46. The first-order valence-electron chi connectivity index (χ1n) is 6.61. The largest absolute Gasteiger partial charge is 0.273 e. The van der Waals surface area contributed by atoms with Crippen molar-refractivity contribution in [1.29, 1.82) is 0 Å². The van der Waals surface area contributed by atoms with Gasteiger partial charge < -0.3 is 0 Å². The highest BCUT2D eigenvalue weighted by Gasteiger charge is 2.29. The van der Waals surface area contributed by atoms with Crippen molar-refractivity contribution in [2.75, 3.05) is 0 Å². The lowest BCUT2D eigenvalue weighted by molar-refractivity contribution is -0.129. The van der Waals surface area contributed by atoms with Crippen molar-refractivity contribution < 1.29 is 9.59 Å². The number of halogens is 1. The number of rotatable bonds is 3. The molecule has 0 spiro atoms. The Hall–Kier alpha value is -1.55. The topological polar surface area (TPSA) is 58.2 Å². The molecule has 110 valence electrons. The normalized spacial score (nSPS) is 12.7. The SMILES string of the molecule is CCC(C(=O)NNC(=O)c1ccc(Cl)cc1)C(C)(C)C. The molecule has 2 amide bonds. The molecule has 0 aromatic heterocycles. The van der Waals surface area contributed by atoms with Crippen LogP contribution in [0.15, 0.2) is 24.3 Å². The van der Waals surface area contributed by atoms with E-state index in [1.54, 1.807) is 24.3 Å². The Kier molecular flexibility index (Phi) is 5.57. The maximum Gasteiger partial charge on any atom is 0.269 e. The van der Waals surface area contributed by atoms with E-state index in [1.165, 1.54) is 0 Å². The summed E-state index contributed by atoms with van der Waals surface area (Å²) in [5.41, 5.74) is 5.20. The van der Waals surface area contributed by atoms with Crippen LogP contribution in [0.2, 0.25) is 5.02 Å². The Morgan fingerprint density at radius 3 is 2.15 bits per heavy atom. The lowest BCUT2D eigenvalue weighted by Crippen LogP contribution is -2.47. The monoisotopic (exact) mass is 296 g/mol. The quantitative estimate of drug-likeness (QED) is 0.842. The van der Waals surface area contributed by atoms with Gasteiger partial charge in [-0.05, 0) is 36.1 Å². The van der Waals surface area contributed by atoms with Gasteiger partial charge >= 0.3 is 0 Å². The van der Waals surface area contributed by atoms with E-state index in [2.05, 4.69) is 10.9 Å². The summed E-state index contributed by atoms with van der Waals surface area (Å²) in [6.45, 7) is 7.96. The molecule has 0 fully saturated rings. The number of hydrazine groups is 1. The third-order valence-electron chi connectivity index (χ3n) is 3.18. The van der Waals surface area contributed by atoms with Gasteiger partial charge in [-0.2, -0.15) is 0 Å². The zero-order valence-electron chi connectivity index (χ0n) is 12.3. The second-order valence-electron chi connectivity index (χ2n) is 5.78. The summed E-state index contributed by atoms with van der Waals surface area (Å²) < 4.78 is 0. The molecule has 5 heteroatoms. The van der Waals surface area contributed by atoms with E-state index in [-0.39, 0.29) is 23.1 Å². The molecule has 20 heavy (non-hydrogen) atoms. The molecule has 1 atom stereocenters. The lowest BCUT2D eigenvalue weighted by Gasteiger charge is -2.28. The van der Waals surface area contributed by atoms with E-state index in [4.69, 9.17) is 11.6 Å². The molecule has 0 heterocycles. The molecule has 4 nitrogen and oxygen atoms in total. The molecule has 1 aromatic rings. The van der Waals surface area contributed by atoms with Gasteiger partial charge in [0.05, 0.1) is 0 Å². The number of benzene rings is 1. The van der Waals surface area contributed by atoms with Gasteiger partial charge in [-0.3, -0.25) is 20.4 Å². The Morgan fingerprint density at radius 2 is 1.70 bits per heavy atom. The number of nitrogens with one attached hydrogen (secondary N) is 2. The lowest BCUT2D eigenvalue weighted by atomic mass is 9.79. The molecular weight excluding hydrogens is 276 g/mol. The second-order valence-corrected chi connectivity index (χ2v) is 6.21. The van der Waals surface area contributed by atoms with Crippen LogP contribution in [0.4, 0.5) is 0 Å². The average Bonchev–Trinajstić information content (AvgIpc) is 2.36. The van der Waals surface area contributed by atoms with Crippen molar-refractivity contribution in [2.24, 2.45) is 11.3 Å². The maximum atomic E-state index is 12.1. The standard InChI is InChI=1S/C15H21ClN2O2/c1-5-12(15(2,3)4)14(20)18-17-13(19)10-6-8-11(16)9-7-10/h6-9,12H,5H2,1-4H3,(H,17,19)(H,18,20). The first kappa shape index (κ1) is 16.5. The van der Waals surface area contributed by atoms with Crippen LogP contribution >= 0.6 is 11.6 Å². The van der Waals surface area contributed by atoms with Crippen LogP contribution < -0.4 is 10.9 Å². The van der Waals surface area contributed by atoms with Gasteiger partial charge in [0, 0.05) is 16.5 Å². The summed E-state index contributed by atoms with van der Waals surface area (Å²) >= 11 is 5.75. The highest BCUT2D eigenvalue weighted by molar-refractivity contribution is 6.30. The van der Waals surface area contributed by atoms with Crippen LogP contribution in [-0.4, -0.2) is 11.8 Å². The van der Waals surface area contributed by atoms with Gasteiger partial charge in [-0.25, -0.2) is 0 Å². The van der Waals surface area contributed by atoms with Crippen molar-refractivity contribution in [3.63, 3.8) is 0 Å². The Morgan fingerprint density at radius 1 is 1.15 bits per heavy atom. The van der Waals surface area contributed by atoms with Gasteiger partial charge in [0.1, 0.15) is 0 Å². The summed E-state index contributed by atoms with van der Waals surface area (Å²) in [5.74, 6) is -0.700. The van der Waals surface area contributed by atoms with E-state index < -0.39 is 0 Å². The number of hydrogen-bond donors (Lipinski definition) is 2. The van der Waals surface area contributed by atoms with Crippen molar-refractivity contribution in [2.45, 2.75) is 34.1 Å². The summed E-state index contributed by atoms with van der Waals surface area (Å²) in [5, 5.41) is 0.560. The van der Waals surface area contributed by atoms with Crippen molar-refractivity contribution in [3.05, 3.63) is 34.9 Å². The molecule has 0 radical (unpaired) electrons. The fourth-order valence-corrected chi connectivity index (χ4v) is 2.20. The van der Waals surface area contributed by atoms with E-state index in [9.17, 15) is 9.59 Å². The van der Waals surface area contributed by atoms with E-state index >= 15 is 0 Å². The Labute approximate surface area is 124 Å². The smallest absolute Gasteiger partial charge is 0.269 e. The minimum Gasteiger partial charge on any atom is -0.273 e. The van der Waals surface area contributed by atoms with Crippen LogP contribution in [0.1, 0.15) is 44.5 Å². The molecule has 0 aliphatic carbocycles. The Balaban J connectivity index is 2.60. The molecule has 1 aromatic carbocycles. The zero-order valence-corrected chi connectivity index (χ0v) is 13.0. The summed E-state index contributed by atoms with van der Waals surface area (Å²) in [4.78, 5) is 23.9. The van der Waals surface area contributed by atoms with Crippen LogP contribution in [0.3, 0.4) is 0 Å². The maximum absolute atomic E-state index is 12.1. The van der Waals surface area contributed by atoms with E-state index in [0.29, 0.717) is 17.0 Å². The van der Waals surface area contributed by atoms with Gasteiger partial charge in [0.25, 0.3) is 5.91 Å². The van der Waals surface area contributed by atoms with Crippen LogP contribution in [-0.2, 0) is 4.79 Å². The minimum atomic E-state index is -0.362. The van der Waals surface area contributed by atoms with Gasteiger partial charge in [-0.15, -0.1) is 0 Å². The molecule has 0 aliphatic heterocycles. The van der Waals surface area contributed by atoms with Gasteiger partial charge in [0.15, 0.2) is 0 Å². The van der Waals surface area contributed by atoms with E-state index in [1.807, 2.05) is 27.7 Å². The van der Waals surface area contributed by atoms with E-state index in [0.717, 1.165) is 0 Å². The predicted molar refractivity (Wildman–Crippen MR) is 80.3 cm³/mol. The predicted octanol–water partition coefficient (Wildman–Crippen LogP) is 3.17. The zero-order chi connectivity index (χ0) is 15.3. The molecule has 0 saturated heterocycles. The fraction of sp³-hybridized carbons (Fsp3) is 0.467. The highest BCUT2D eigenvalue weighted by Crippen LogP contribution is 2.28. The number of carbonyl (C=O) groups is 2. The third-order valence-corrected chi connectivity index (χ3v) is 3.43. The highest BCUT2D eigenvalue weighted by atomic mass is 35.5. The number of amides is 2. The summed E-state index contributed by atoms with van der Waals surface area (Å²) in [7, 11) is 0. The fourth-order valence-electron chi connectivity index (χ4n) is 2.07. The third kappa shape index (κ3) is 4.53. The molecular formula is C15H21ClN2O2.